The number of allylic oxidation sites excluding steroid dienone is 1. The summed E-state index contributed by atoms with van der Waals surface area (Å²) in [5, 5.41) is 0.933. The van der Waals surface area contributed by atoms with Gasteiger partial charge in [0, 0.05) is 22.6 Å². The standard InChI is InChI=1S/C21H19NO4/c1-24-17-8-4-14(5-9-17)20(23)11-7-16-12-15-6-10-18(25-2)13-19(15)22-21(16)26-3/h4-13H,1-3H3. The lowest BCUT2D eigenvalue weighted by Crippen LogP contribution is -1.96. The SMILES string of the molecule is COc1ccc(C(=O)C=Cc2cc3ccc(OC)cc3nc2OC)cc1. The monoisotopic (exact) mass is 349 g/mol. The van der Waals surface area contributed by atoms with E-state index in [1.54, 1.807) is 51.7 Å². The number of benzene rings is 2. The summed E-state index contributed by atoms with van der Waals surface area (Å²) in [6.45, 7) is 0. The van der Waals surface area contributed by atoms with Gasteiger partial charge in [0.25, 0.3) is 0 Å². The Bertz CT molecular complexity index is 962. The van der Waals surface area contributed by atoms with E-state index in [1.807, 2.05) is 24.3 Å². The number of hydrogen-bond acceptors (Lipinski definition) is 5. The molecule has 0 aliphatic rings. The van der Waals surface area contributed by atoms with Crippen molar-refractivity contribution >= 4 is 22.8 Å². The molecule has 1 aromatic heterocycles. The number of carbonyl (C=O) groups excluding carboxylic acids is 1. The van der Waals surface area contributed by atoms with Gasteiger partial charge in [-0.1, -0.05) is 0 Å². The van der Waals surface area contributed by atoms with E-state index >= 15 is 0 Å². The van der Waals surface area contributed by atoms with Gasteiger partial charge in [0.05, 0.1) is 26.8 Å². The van der Waals surface area contributed by atoms with Gasteiger partial charge in [0.1, 0.15) is 11.5 Å². The predicted molar refractivity (Wildman–Crippen MR) is 101 cm³/mol. The van der Waals surface area contributed by atoms with Crippen molar-refractivity contribution in [2.75, 3.05) is 21.3 Å². The lowest BCUT2D eigenvalue weighted by Gasteiger charge is -2.07. The van der Waals surface area contributed by atoms with Crippen LogP contribution in [0.1, 0.15) is 15.9 Å². The van der Waals surface area contributed by atoms with Crippen LogP contribution in [0.2, 0.25) is 0 Å². The lowest BCUT2D eigenvalue weighted by molar-refractivity contribution is 0.104. The molecule has 0 N–H and O–H groups in total. The van der Waals surface area contributed by atoms with Gasteiger partial charge in [-0.25, -0.2) is 4.98 Å². The number of pyridine rings is 1. The summed E-state index contributed by atoms with van der Waals surface area (Å²) in [5.41, 5.74) is 2.08. The molecule has 0 spiro atoms. The second-order valence-electron chi connectivity index (χ2n) is 5.57. The van der Waals surface area contributed by atoms with Gasteiger partial charge in [-0.15, -0.1) is 0 Å². The van der Waals surface area contributed by atoms with Crippen LogP contribution in [0.3, 0.4) is 0 Å². The number of aromatic nitrogens is 1. The molecule has 0 amide bonds. The Labute approximate surface area is 151 Å². The lowest BCUT2D eigenvalue weighted by atomic mass is 10.1. The average molecular weight is 349 g/mol. The van der Waals surface area contributed by atoms with Crippen LogP contribution in [0.5, 0.6) is 17.4 Å². The van der Waals surface area contributed by atoms with Crippen molar-refractivity contribution in [2.45, 2.75) is 0 Å². The maximum atomic E-state index is 12.4. The van der Waals surface area contributed by atoms with Crippen molar-refractivity contribution in [3.63, 3.8) is 0 Å². The molecule has 0 radical (unpaired) electrons. The summed E-state index contributed by atoms with van der Waals surface area (Å²) in [6.07, 6.45) is 3.22. The molecule has 3 rings (SSSR count). The Balaban J connectivity index is 1.90. The molecule has 0 unspecified atom stereocenters. The Morgan fingerprint density at radius 2 is 1.58 bits per heavy atom. The van der Waals surface area contributed by atoms with E-state index in [0.717, 1.165) is 22.2 Å². The largest absolute Gasteiger partial charge is 0.497 e. The summed E-state index contributed by atoms with van der Waals surface area (Å²) >= 11 is 0. The quantitative estimate of drug-likeness (QED) is 0.494. The Kier molecular flexibility index (Phi) is 5.17. The van der Waals surface area contributed by atoms with Gasteiger partial charge in [0.2, 0.25) is 5.88 Å². The number of hydrogen-bond donors (Lipinski definition) is 0. The number of rotatable bonds is 6. The Hall–Kier alpha value is -3.34. The highest BCUT2D eigenvalue weighted by Crippen LogP contribution is 2.26. The molecule has 0 aliphatic heterocycles. The van der Waals surface area contributed by atoms with E-state index < -0.39 is 0 Å². The van der Waals surface area contributed by atoms with Crippen molar-refractivity contribution in [3.8, 4) is 17.4 Å². The number of ether oxygens (including phenoxy) is 3. The average Bonchev–Trinajstić information content (AvgIpc) is 2.70. The first kappa shape index (κ1) is 17.5. The first-order chi connectivity index (χ1) is 12.6. The smallest absolute Gasteiger partial charge is 0.221 e. The number of nitrogens with zero attached hydrogens (tertiary/aromatic N) is 1. The topological polar surface area (TPSA) is 57.7 Å². The van der Waals surface area contributed by atoms with Gasteiger partial charge < -0.3 is 14.2 Å². The molecule has 5 heteroatoms. The molecule has 0 saturated heterocycles. The minimum Gasteiger partial charge on any atom is -0.497 e. The van der Waals surface area contributed by atoms with Crippen LogP contribution < -0.4 is 14.2 Å². The third kappa shape index (κ3) is 3.67. The van der Waals surface area contributed by atoms with Gasteiger partial charge in [-0.2, -0.15) is 0 Å². The maximum absolute atomic E-state index is 12.4. The van der Waals surface area contributed by atoms with Crippen LogP contribution in [0.25, 0.3) is 17.0 Å². The molecule has 132 valence electrons. The zero-order valence-electron chi connectivity index (χ0n) is 14.9. The third-order valence-corrected chi connectivity index (χ3v) is 4.00. The number of ketones is 1. The number of fused-ring (bicyclic) bond motifs is 1. The number of carbonyl (C=O) groups is 1. The molecule has 0 bridgehead atoms. The first-order valence-electron chi connectivity index (χ1n) is 8.04. The highest BCUT2D eigenvalue weighted by Gasteiger charge is 2.08. The molecule has 2 aromatic carbocycles. The molecule has 5 nitrogen and oxygen atoms in total. The van der Waals surface area contributed by atoms with Crippen LogP contribution in [0.4, 0.5) is 0 Å². The predicted octanol–water partition coefficient (Wildman–Crippen LogP) is 4.16. The molecule has 26 heavy (non-hydrogen) atoms. The van der Waals surface area contributed by atoms with Crippen LogP contribution in [-0.2, 0) is 0 Å². The molecule has 3 aromatic rings. The summed E-state index contributed by atoms with van der Waals surface area (Å²) < 4.78 is 15.7. The van der Waals surface area contributed by atoms with Crippen molar-refractivity contribution < 1.29 is 19.0 Å². The van der Waals surface area contributed by atoms with Crippen molar-refractivity contribution in [1.29, 1.82) is 0 Å². The van der Waals surface area contributed by atoms with Crippen molar-refractivity contribution in [1.82, 2.24) is 4.98 Å². The van der Waals surface area contributed by atoms with E-state index in [-0.39, 0.29) is 5.78 Å². The molecule has 0 atom stereocenters. The van der Waals surface area contributed by atoms with Crippen molar-refractivity contribution in [3.05, 3.63) is 65.7 Å². The highest BCUT2D eigenvalue weighted by atomic mass is 16.5. The van der Waals surface area contributed by atoms with E-state index in [9.17, 15) is 4.79 Å². The molecule has 0 fully saturated rings. The second kappa shape index (κ2) is 7.70. The second-order valence-corrected chi connectivity index (χ2v) is 5.57. The molecule has 0 aliphatic carbocycles. The van der Waals surface area contributed by atoms with E-state index in [1.165, 1.54) is 6.08 Å². The normalized spacial score (nSPS) is 10.9. The third-order valence-electron chi connectivity index (χ3n) is 4.00. The van der Waals surface area contributed by atoms with Gasteiger partial charge >= 0.3 is 0 Å². The number of methoxy groups -OCH3 is 3. The zero-order chi connectivity index (χ0) is 18.5. The fourth-order valence-corrected chi connectivity index (χ4v) is 2.57. The maximum Gasteiger partial charge on any atom is 0.221 e. The van der Waals surface area contributed by atoms with Gasteiger partial charge in [-0.05, 0) is 54.6 Å². The summed E-state index contributed by atoms with van der Waals surface area (Å²) in [6, 6.07) is 14.5. The van der Waals surface area contributed by atoms with Crippen LogP contribution in [0.15, 0.2) is 54.6 Å². The zero-order valence-corrected chi connectivity index (χ0v) is 14.9. The van der Waals surface area contributed by atoms with Crippen LogP contribution in [0, 0.1) is 0 Å². The minimum atomic E-state index is -0.107. The van der Waals surface area contributed by atoms with Crippen molar-refractivity contribution in [2.24, 2.45) is 0 Å². The summed E-state index contributed by atoms with van der Waals surface area (Å²) in [7, 11) is 4.75. The van der Waals surface area contributed by atoms with E-state index in [2.05, 4.69) is 4.98 Å². The molecule has 0 saturated carbocycles. The van der Waals surface area contributed by atoms with E-state index in [4.69, 9.17) is 14.2 Å². The van der Waals surface area contributed by atoms with E-state index in [0.29, 0.717) is 17.2 Å². The fourth-order valence-electron chi connectivity index (χ4n) is 2.57. The van der Waals surface area contributed by atoms with Crippen LogP contribution in [-0.4, -0.2) is 32.1 Å². The summed E-state index contributed by atoms with van der Waals surface area (Å²) in [4.78, 5) is 16.9. The molecule has 1 heterocycles. The molecular formula is C21H19NO4. The Morgan fingerprint density at radius 1 is 0.885 bits per heavy atom. The Morgan fingerprint density at radius 3 is 2.23 bits per heavy atom. The van der Waals surface area contributed by atoms with Gasteiger partial charge in [0.15, 0.2) is 5.78 Å². The van der Waals surface area contributed by atoms with Crippen LogP contribution >= 0.6 is 0 Å². The first-order valence-corrected chi connectivity index (χ1v) is 8.04. The minimum absolute atomic E-state index is 0.107. The highest BCUT2D eigenvalue weighted by molar-refractivity contribution is 6.07. The van der Waals surface area contributed by atoms with Gasteiger partial charge in [-0.3, -0.25) is 4.79 Å². The summed E-state index contributed by atoms with van der Waals surface area (Å²) in [5.74, 6) is 1.78. The fraction of sp³-hybridized carbons (Fsp3) is 0.143. The molecular weight excluding hydrogens is 330 g/mol.